The molecule has 4 heteroatoms. The van der Waals surface area contributed by atoms with E-state index in [1.54, 1.807) is 0 Å². The Hall–Kier alpha value is -0.350. The molecule has 0 bridgehead atoms. The molecule has 18 heavy (non-hydrogen) atoms. The quantitative estimate of drug-likeness (QED) is 0.874. The maximum Gasteiger partial charge on any atom is 0.0738 e. The van der Waals surface area contributed by atoms with Crippen LogP contribution >= 0.6 is 15.9 Å². The number of aryl methyl sites for hydroxylation is 2. The van der Waals surface area contributed by atoms with Crippen molar-refractivity contribution in [3.63, 3.8) is 0 Å². The maximum absolute atomic E-state index is 4.58. The van der Waals surface area contributed by atoms with Crippen molar-refractivity contribution in [1.29, 1.82) is 0 Å². The highest BCUT2D eigenvalue weighted by Gasteiger charge is 2.31. The molecule has 2 unspecified atom stereocenters. The first kappa shape index (κ1) is 14.1. The highest BCUT2D eigenvalue weighted by Crippen LogP contribution is 2.38. The zero-order valence-corrected chi connectivity index (χ0v) is 13.3. The predicted octanol–water partition coefficient (Wildman–Crippen LogP) is 3.15. The number of hydrogen-bond donors (Lipinski definition) is 1. The Morgan fingerprint density at radius 1 is 1.33 bits per heavy atom. The van der Waals surface area contributed by atoms with Crippen LogP contribution in [0.1, 0.15) is 38.1 Å². The van der Waals surface area contributed by atoms with Crippen LogP contribution < -0.4 is 5.32 Å². The summed E-state index contributed by atoms with van der Waals surface area (Å²) >= 11 is 3.70. The summed E-state index contributed by atoms with van der Waals surface area (Å²) in [6, 6.07) is 0. The molecule has 1 aromatic rings. The van der Waals surface area contributed by atoms with Crippen molar-refractivity contribution in [3.05, 3.63) is 15.9 Å². The normalized spacial score (nSPS) is 23.1. The molecule has 1 aliphatic carbocycles. The van der Waals surface area contributed by atoms with Crippen molar-refractivity contribution in [3.8, 4) is 0 Å². The van der Waals surface area contributed by atoms with Crippen LogP contribution in [0.4, 0.5) is 0 Å². The SMILES string of the molecule is CCNCC1CCC1Cc1c(Br)c(C)nn1CC. The average molecular weight is 314 g/mol. The lowest BCUT2D eigenvalue weighted by Crippen LogP contribution is -2.36. The summed E-state index contributed by atoms with van der Waals surface area (Å²) in [6.45, 7) is 9.65. The monoisotopic (exact) mass is 313 g/mol. The van der Waals surface area contributed by atoms with E-state index in [0.29, 0.717) is 0 Å². The first-order chi connectivity index (χ1) is 8.67. The van der Waals surface area contributed by atoms with Crippen LogP contribution in [0.3, 0.4) is 0 Å². The van der Waals surface area contributed by atoms with E-state index in [1.807, 2.05) is 0 Å². The van der Waals surface area contributed by atoms with Crippen LogP contribution in [0.25, 0.3) is 0 Å². The molecule has 0 aliphatic heterocycles. The van der Waals surface area contributed by atoms with Gasteiger partial charge in [-0.05, 0) is 74.0 Å². The van der Waals surface area contributed by atoms with Gasteiger partial charge in [0.1, 0.15) is 0 Å². The minimum atomic E-state index is 0.835. The van der Waals surface area contributed by atoms with Crippen LogP contribution in [-0.4, -0.2) is 22.9 Å². The Labute approximate surface area is 118 Å². The largest absolute Gasteiger partial charge is 0.317 e. The molecule has 1 saturated carbocycles. The third-order valence-electron chi connectivity index (χ3n) is 4.14. The number of nitrogens with zero attached hydrogens (tertiary/aromatic N) is 2. The third kappa shape index (κ3) is 2.80. The molecule has 3 nitrogen and oxygen atoms in total. The second-order valence-corrected chi connectivity index (χ2v) is 6.06. The first-order valence-electron chi connectivity index (χ1n) is 7.09. The highest BCUT2D eigenvalue weighted by atomic mass is 79.9. The Morgan fingerprint density at radius 3 is 2.61 bits per heavy atom. The molecule has 2 rings (SSSR count). The average Bonchev–Trinajstić information content (AvgIpc) is 2.61. The molecule has 1 fully saturated rings. The Bertz CT molecular complexity index is 400. The molecule has 2 atom stereocenters. The summed E-state index contributed by atoms with van der Waals surface area (Å²) in [7, 11) is 0. The van der Waals surface area contributed by atoms with Gasteiger partial charge < -0.3 is 5.32 Å². The fourth-order valence-corrected chi connectivity index (χ4v) is 3.26. The number of aromatic nitrogens is 2. The molecule has 0 spiro atoms. The van der Waals surface area contributed by atoms with E-state index in [-0.39, 0.29) is 0 Å². The number of rotatable bonds is 6. The van der Waals surface area contributed by atoms with E-state index >= 15 is 0 Å². The lowest BCUT2D eigenvalue weighted by atomic mass is 9.71. The summed E-state index contributed by atoms with van der Waals surface area (Å²) in [5, 5.41) is 8.06. The van der Waals surface area contributed by atoms with Crippen molar-refractivity contribution in [1.82, 2.24) is 15.1 Å². The minimum absolute atomic E-state index is 0.835. The van der Waals surface area contributed by atoms with Gasteiger partial charge in [0.15, 0.2) is 0 Å². The molecule has 1 aromatic heterocycles. The maximum atomic E-state index is 4.58. The van der Waals surface area contributed by atoms with E-state index < -0.39 is 0 Å². The molecule has 1 heterocycles. The summed E-state index contributed by atoms with van der Waals surface area (Å²) in [4.78, 5) is 0. The lowest BCUT2D eigenvalue weighted by molar-refractivity contribution is 0.168. The number of halogens is 1. The second kappa shape index (κ2) is 6.20. The van der Waals surface area contributed by atoms with Crippen LogP contribution in [0.5, 0.6) is 0 Å². The molecule has 0 aromatic carbocycles. The van der Waals surface area contributed by atoms with Gasteiger partial charge in [-0.1, -0.05) is 6.92 Å². The van der Waals surface area contributed by atoms with Gasteiger partial charge in [0.25, 0.3) is 0 Å². The van der Waals surface area contributed by atoms with Gasteiger partial charge in [-0.25, -0.2) is 0 Å². The molecular weight excluding hydrogens is 290 g/mol. The molecule has 102 valence electrons. The second-order valence-electron chi connectivity index (χ2n) is 5.27. The Balaban J connectivity index is 2.01. The number of nitrogens with one attached hydrogen (secondary N) is 1. The van der Waals surface area contributed by atoms with Crippen molar-refractivity contribution < 1.29 is 0 Å². The van der Waals surface area contributed by atoms with Crippen molar-refractivity contribution in [2.45, 2.75) is 46.6 Å². The molecule has 0 amide bonds. The van der Waals surface area contributed by atoms with Gasteiger partial charge in [-0.2, -0.15) is 5.10 Å². The minimum Gasteiger partial charge on any atom is -0.317 e. The van der Waals surface area contributed by atoms with Crippen LogP contribution in [0, 0.1) is 18.8 Å². The highest BCUT2D eigenvalue weighted by molar-refractivity contribution is 9.10. The summed E-state index contributed by atoms with van der Waals surface area (Å²) < 4.78 is 3.38. The van der Waals surface area contributed by atoms with Crippen molar-refractivity contribution in [2.75, 3.05) is 13.1 Å². The van der Waals surface area contributed by atoms with E-state index in [1.165, 1.54) is 36.0 Å². The Morgan fingerprint density at radius 2 is 2.06 bits per heavy atom. The molecule has 1 aliphatic rings. The van der Waals surface area contributed by atoms with Gasteiger partial charge in [0.05, 0.1) is 15.9 Å². The lowest BCUT2D eigenvalue weighted by Gasteiger charge is -2.37. The van der Waals surface area contributed by atoms with Crippen molar-refractivity contribution >= 4 is 15.9 Å². The summed E-state index contributed by atoms with van der Waals surface area (Å²) in [5.41, 5.74) is 2.51. The predicted molar refractivity (Wildman–Crippen MR) is 78.8 cm³/mol. The van der Waals surface area contributed by atoms with Crippen LogP contribution in [0.2, 0.25) is 0 Å². The first-order valence-corrected chi connectivity index (χ1v) is 7.89. The van der Waals surface area contributed by atoms with E-state index in [4.69, 9.17) is 0 Å². The topological polar surface area (TPSA) is 29.9 Å². The molecular formula is C14H24BrN3. The molecule has 1 N–H and O–H groups in total. The third-order valence-corrected chi connectivity index (χ3v) is 5.17. The molecule has 0 saturated heterocycles. The van der Waals surface area contributed by atoms with E-state index in [9.17, 15) is 0 Å². The van der Waals surface area contributed by atoms with Gasteiger partial charge in [-0.15, -0.1) is 0 Å². The standard InChI is InChI=1S/C14H24BrN3/c1-4-16-9-12-7-6-11(12)8-13-14(15)10(3)17-18(13)5-2/h11-12,16H,4-9H2,1-3H3. The number of hydrogen-bond acceptors (Lipinski definition) is 2. The summed E-state index contributed by atoms with van der Waals surface area (Å²) in [5.74, 6) is 1.69. The smallest absolute Gasteiger partial charge is 0.0738 e. The van der Waals surface area contributed by atoms with Gasteiger partial charge in [0.2, 0.25) is 0 Å². The van der Waals surface area contributed by atoms with E-state index in [2.05, 4.69) is 51.8 Å². The Kier molecular flexibility index (Phi) is 4.84. The fourth-order valence-electron chi connectivity index (χ4n) is 2.82. The zero-order chi connectivity index (χ0) is 13.1. The zero-order valence-electron chi connectivity index (χ0n) is 11.7. The van der Waals surface area contributed by atoms with Crippen molar-refractivity contribution in [2.24, 2.45) is 11.8 Å². The fraction of sp³-hybridized carbons (Fsp3) is 0.786. The van der Waals surface area contributed by atoms with Crippen LogP contribution in [0.15, 0.2) is 4.47 Å². The van der Waals surface area contributed by atoms with Gasteiger partial charge >= 0.3 is 0 Å². The van der Waals surface area contributed by atoms with E-state index in [0.717, 1.165) is 30.6 Å². The van der Waals surface area contributed by atoms with Gasteiger partial charge in [0, 0.05) is 6.54 Å². The van der Waals surface area contributed by atoms with Crippen LogP contribution in [-0.2, 0) is 13.0 Å². The van der Waals surface area contributed by atoms with Gasteiger partial charge in [-0.3, -0.25) is 4.68 Å². The summed E-state index contributed by atoms with van der Waals surface area (Å²) in [6.07, 6.45) is 3.93. The molecule has 0 radical (unpaired) electrons.